The second-order valence-electron chi connectivity index (χ2n) is 5.50. The van der Waals surface area contributed by atoms with Crippen LogP contribution >= 0.6 is 11.6 Å². The number of aldehydes is 1. The fourth-order valence-corrected chi connectivity index (χ4v) is 2.41. The van der Waals surface area contributed by atoms with Crippen LogP contribution in [0.1, 0.15) is 33.6 Å². The first kappa shape index (κ1) is 16.1. The Labute approximate surface area is 143 Å². The molecule has 1 aromatic heterocycles. The minimum atomic E-state index is -0.414. The first-order valence-corrected chi connectivity index (χ1v) is 7.77. The number of halogens is 1. The Balaban J connectivity index is 1.72. The first-order valence-electron chi connectivity index (χ1n) is 7.40. The van der Waals surface area contributed by atoms with E-state index in [1.165, 1.54) is 24.4 Å². The van der Waals surface area contributed by atoms with Crippen molar-refractivity contribution in [2.45, 2.75) is 12.8 Å². The van der Waals surface area contributed by atoms with Gasteiger partial charge in [-0.25, -0.2) is 4.98 Å². The normalized spacial score (nSPS) is 13.2. The number of aromatic nitrogens is 1. The summed E-state index contributed by atoms with van der Waals surface area (Å²) in [5.41, 5.74) is 1.13. The van der Waals surface area contributed by atoms with Gasteiger partial charge in [0.15, 0.2) is 0 Å². The summed E-state index contributed by atoms with van der Waals surface area (Å²) in [6.07, 6.45) is 3.95. The lowest BCUT2D eigenvalue weighted by Gasteiger charge is -2.09. The molecule has 2 aromatic rings. The zero-order valence-electron chi connectivity index (χ0n) is 12.6. The maximum absolute atomic E-state index is 12.3. The van der Waals surface area contributed by atoms with Gasteiger partial charge in [0.2, 0.25) is 5.91 Å². The third kappa shape index (κ3) is 3.78. The van der Waals surface area contributed by atoms with Gasteiger partial charge >= 0.3 is 0 Å². The molecular formula is C17H14ClN3O3. The second kappa shape index (κ2) is 6.80. The van der Waals surface area contributed by atoms with Gasteiger partial charge in [-0.3, -0.25) is 14.4 Å². The number of amides is 2. The molecule has 1 saturated carbocycles. The Morgan fingerprint density at radius 1 is 1.17 bits per heavy atom. The summed E-state index contributed by atoms with van der Waals surface area (Å²) in [4.78, 5) is 38.8. The molecule has 2 amide bonds. The summed E-state index contributed by atoms with van der Waals surface area (Å²) in [6.45, 7) is 0. The number of carbonyl (C=O) groups is 3. The molecule has 24 heavy (non-hydrogen) atoms. The Kier molecular flexibility index (Phi) is 4.57. The van der Waals surface area contributed by atoms with Gasteiger partial charge < -0.3 is 10.6 Å². The van der Waals surface area contributed by atoms with Crippen LogP contribution in [0.4, 0.5) is 11.5 Å². The number of nitrogens with one attached hydrogen (secondary N) is 2. The average molecular weight is 344 g/mol. The summed E-state index contributed by atoms with van der Waals surface area (Å²) in [6, 6.07) is 7.61. The monoisotopic (exact) mass is 343 g/mol. The molecule has 122 valence electrons. The molecule has 1 aliphatic rings. The fraction of sp³-hybridized carbons (Fsp3) is 0.176. The Morgan fingerprint density at radius 3 is 2.62 bits per heavy atom. The van der Waals surface area contributed by atoms with E-state index in [9.17, 15) is 14.4 Å². The summed E-state index contributed by atoms with van der Waals surface area (Å²) in [5.74, 6) is -0.0196. The number of benzene rings is 1. The van der Waals surface area contributed by atoms with Crippen LogP contribution in [0.3, 0.4) is 0 Å². The van der Waals surface area contributed by atoms with Crippen LogP contribution in [0.25, 0.3) is 0 Å². The fourth-order valence-electron chi connectivity index (χ4n) is 2.14. The minimum Gasteiger partial charge on any atom is -0.322 e. The number of hydrogen-bond donors (Lipinski definition) is 2. The van der Waals surface area contributed by atoms with Crippen molar-refractivity contribution in [1.82, 2.24) is 4.98 Å². The van der Waals surface area contributed by atoms with Gasteiger partial charge in [0.25, 0.3) is 5.91 Å². The van der Waals surface area contributed by atoms with Gasteiger partial charge in [0, 0.05) is 29.4 Å². The number of carbonyl (C=O) groups excluding carboxylic acids is 3. The highest BCUT2D eigenvalue weighted by atomic mass is 35.5. The van der Waals surface area contributed by atoms with Gasteiger partial charge in [-0.15, -0.1) is 0 Å². The molecule has 3 rings (SSSR count). The highest BCUT2D eigenvalue weighted by molar-refractivity contribution is 6.34. The zero-order valence-corrected chi connectivity index (χ0v) is 13.3. The van der Waals surface area contributed by atoms with Crippen LogP contribution in [0.15, 0.2) is 36.5 Å². The maximum Gasteiger partial charge on any atom is 0.257 e. The quantitative estimate of drug-likeness (QED) is 0.816. The molecule has 1 aromatic carbocycles. The van der Waals surface area contributed by atoms with E-state index in [2.05, 4.69) is 15.6 Å². The van der Waals surface area contributed by atoms with Crippen molar-refractivity contribution in [3.63, 3.8) is 0 Å². The van der Waals surface area contributed by atoms with Gasteiger partial charge in [-0.05, 0) is 31.0 Å². The standard InChI is InChI=1S/C17H14ClN3O3/c18-14-7-10(9-22)1-4-13(14)17(24)20-12-5-6-19-15(8-12)21-16(23)11-2-3-11/h1,4-9,11H,2-3H2,(H2,19,20,21,23,24). The van der Waals surface area contributed by atoms with Crippen molar-refractivity contribution >= 4 is 41.2 Å². The Morgan fingerprint density at radius 2 is 1.96 bits per heavy atom. The van der Waals surface area contributed by atoms with E-state index in [-0.39, 0.29) is 22.4 Å². The van der Waals surface area contributed by atoms with E-state index in [0.717, 1.165) is 12.8 Å². The summed E-state index contributed by atoms with van der Waals surface area (Å²) in [5, 5.41) is 5.60. The number of anilines is 2. The molecule has 0 radical (unpaired) electrons. The molecule has 0 bridgehead atoms. The molecule has 0 atom stereocenters. The van der Waals surface area contributed by atoms with Crippen LogP contribution in [0, 0.1) is 5.92 Å². The molecule has 0 unspecified atom stereocenters. The van der Waals surface area contributed by atoms with Gasteiger partial charge in [-0.2, -0.15) is 0 Å². The van der Waals surface area contributed by atoms with Crippen molar-refractivity contribution in [2.24, 2.45) is 5.92 Å². The minimum absolute atomic E-state index is 0.0570. The van der Waals surface area contributed by atoms with Crippen LogP contribution in [0.5, 0.6) is 0 Å². The number of rotatable bonds is 5. The molecule has 1 fully saturated rings. The largest absolute Gasteiger partial charge is 0.322 e. The molecule has 6 nitrogen and oxygen atoms in total. The summed E-state index contributed by atoms with van der Waals surface area (Å²) < 4.78 is 0. The van der Waals surface area contributed by atoms with E-state index in [4.69, 9.17) is 11.6 Å². The topological polar surface area (TPSA) is 88.2 Å². The molecule has 0 spiro atoms. The first-order chi connectivity index (χ1) is 11.6. The molecular weight excluding hydrogens is 330 g/mol. The predicted octanol–water partition coefficient (Wildman–Crippen LogP) is 3.15. The Hall–Kier alpha value is -2.73. The van der Waals surface area contributed by atoms with E-state index in [1.807, 2.05) is 0 Å². The molecule has 7 heteroatoms. The smallest absolute Gasteiger partial charge is 0.257 e. The van der Waals surface area contributed by atoms with Crippen molar-refractivity contribution < 1.29 is 14.4 Å². The molecule has 0 saturated heterocycles. The number of hydrogen-bond acceptors (Lipinski definition) is 4. The third-order valence-corrected chi connectivity index (χ3v) is 3.90. The van der Waals surface area contributed by atoms with Crippen molar-refractivity contribution in [3.05, 3.63) is 52.7 Å². The van der Waals surface area contributed by atoms with Gasteiger partial charge in [0.1, 0.15) is 12.1 Å². The maximum atomic E-state index is 12.3. The SMILES string of the molecule is O=Cc1ccc(C(=O)Nc2ccnc(NC(=O)C3CC3)c2)c(Cl)c1. The van der Waals surface area contributed by atoms with Crippen molar-refractivity contribution in [2.75, 3.05) is 10.6 Å². The van der Waals surface area contributed by atoms with Crippen LogP contribution < -0.4 is 10.6 Å². The highest BCUT2D eigenvalue weighted by Crippen LogP contribution is 2.30. The average Bonchev–Trinajstić information content (AvgIpc) is 3.39. The summed E-state index contributed by atoms with van der Waals surface area (Å²) in [7, 11) is 0. The highest BCUT2D eigenvalue weighted by Gasteiger charge is 2.29. The van der Waals surface area contributed by atoms with E-state index in [0.29, 0.717) is 23.4 Å². The van der Waals surface area contributed by atoms with E-state index < -0.39 is 5.91 Å². The molecule has 2 N–H and O–H groups in total. The van der Waals surface area contributed by atoms with E-state index in [1.54, 1.807) is 12.1 Å². The van der Waals surface area contributed by atoms with Crippen molar-refractivity contribution in [3.8, 4) is 0 Å². The van der Waals surface area contributed by atoms with Crippen LogP contribution in [-0.4, -0.2) is 23.1 Å². The second-order valence-corrected chi connectivity index (χ2v) is 5.91. The lowest BCUT2D eigenvalue weighted by Crippen LogP contribution is -2.16. The third-order valence-electron chi connectivity index (χ3n) is 3.59. The lowest BCUT2D eigenvalue weighted by atomic mass is 10.1. The van der Waals surface area contributed by atoms with Crippen molar-refractivity contribution in [1.29, 1.82) is 0 Å². The molecule has 1 aliphatic carbocycles. The molecule has 1 heterocycles. The zero-order chi connectivity index (χ0) is 17.1. The van der Waals surface area contributed by atoms with Gasteiger partial charge in [-0.1, -0.05) is 17.7 Å². The van der Waals surface area contributed by atoms with Crippen LogP contribution in [-0.2, 0) is 4.79 Å². The summed E-state index contributed by atoms with van der Waals surface area (Å²) >= 11 is 6.02. The number of nitrogens with zero attached hydrogens (tertiary/aromatic N) is 1. The molecule has 0 aliphatic heterocycles. The lowest BCUT2D eigenvalue weighted by molar-refractivity contribution is -0.117. The Bertz CT molecular complexity index is 818. The predicted molar refractivity (Wildman–Crippen MR) is 90.4 cm³/mol. The van der Waals surface area contributed by atoms with E-state index >= 15 is 0 Å². The number of pyridine rings is 1. The van der Waals surface area contributed by atoms with Crippen LogP contribution in [0.2, 0.25) is 5.02 Å². The van der Waals surface area contributed by atoms with Gasteiger partial charge in [0.05, 0.1) is 10.6 Å².